The molecule has 0 heterocycles. The number of hydrogen-bond acceptors (Lipinski definition) is 2. The van der Waals surface area contributed by atoms with E-state index in [1.807, 2.05) is 6.08 Å². The van der Waals surface area contributed by atoms with Gasteiger partial charge in [0.15, 0.2) is 0 Å². The molecule has 17 heavy (non-hydrogen) atoms. The quantitative estimate of drug-likeness (QED) is 0.630. The summed E-state index contributed by atoms with van der Waals surface area (Å²) in [6.45, 7) is 3.67. The van der Waals surface area contributed by atoms with Gasteiger partial charge in [-0.3, -0.25) is 0 Å². The van der Waals surface area contributed by atoms with E-state index in [4.69, 9.17) is 5.73 Å². The number of halogens is 4. The highest BCUT2D eigenvalue weighted by molar-refractivity contribution is 9.11. The molecule has 0 bridgehead atoms. The van der Waals surface area contributed by atoms with Crippen LogP contribution in [0.15, 0.2) is 32.1 Å². The predicted octanol–water partition coefficient (Wildman–Crippen LogP) is 5.07. The maximum atomic E-state index is 9.80. The summed E-state index contributed by atoms with van der Waals surface area (Å²) in [5.74, 6) is 0.173. The van der Waals surface area contributed by atoms with E-state index in [9.17, 15) is 5.11 Å². The number of benzene rings is 1. The van der Waals surface area contributed by atoms with Crippen molar-refractivity contribution in [1.82, 2.24) is 0 Å². The van der Waals surface area contributed by atoms with Gasteiger partial charge in [-0.1, -0.05) is 22.0 Å². The van der Waals surface area contributed by atoms with Gasteiger partial charge in [0, 0.05) is 16.1 Å². The second-order valence-electron chi connectivity index (χ2n) is 3.39. The van der Waals surface area contributed by atoms with E-state index < -0.39 is 0 Å². The highest BCUT2D eigenvalue weighted by Gasteiger charge is 2.18. The van der Waals surface area contributed by atoms with Gasteiger partial charge in [-0.2, -0.15) is 0 Å². The molecular formula is C11H13Br3ClNO. The molecule has 0 aromatic heterocycles. The summed E-state index contributed by atoms with van der Waals surface area (Å²) in [4.78, 5) is 0. The van der Waals surface area contributed by atoms with Crippen molar-refractivity contribution in [2.45, 2.75) is 18.9 Å². The average molecular weight is 450 g/mol. The predicted molar refractivity (Wildman–Crippen MR) is 84.8 cm³/mol. The third-order valence-electron chi connectivity index (χ3n) is 2.23. The monoisotopic (exact) mass is 447 g/mol. The molecule has 0 aliphatic heterocycles. The van der Waals surface area contributed by atoms with Crippen LogP contribution in [-0.4, -0.2) is 5.11 Å². The molecule has 1 rings (SSSR count). The maximum absolute atomic E-state index is 9.80. The van der Waals surface area contributed by atoms with Crippen molar-refractivity contribution in [3.63, 3.8) is 0 Å². The van der Waals surface area contributed by atoms with Gasteiger partial charge in [0.05, 0.1) is 8.95 Å². The zero-order valence-electron chi connectivity index (χ0n) is 8.92. The summed E-state index contributed by atoms with van der Waals surface area (Å²) in [5.41, 5.74) is 6.94. The van der Waals surface area contributed by atoms with E-state index in [1.165, 1.54) is 0 Å². The summed E-state index contributed by atoms with van der Waals surface area (Å²) < 4.78 is 2.14. The van der Waals surface area contributed by atoms with E-state index in [2.05, 4.69) is 54.4 Å². The Kier molecular flexibility index (Phi) is 8.00. The number of phenolic OH excluding ortho intramolecular Hbond substituents is 1. The first kappa shape index (κ1) is 17.4. The maximum Gasteiger partial charge on any atom is 0.144 e. The number of aromatic hydroxyl groups is 1. The van der Waals surface area contributed by atoms with Crippen molar-refractivity contribution in [3.05, 3.63) is 37.7 Å². The van der Waals surface area contributed by atoms with Crippen LogP contribution >= 0.6 is 60.2 Å². The highest BCUT2D eigenvalue weighted by Crippen LogP contribution is 2.42. The van der Waals surface area contributed by atoms with Crippen LogP contribution in [0.1, 0.15) is 24.4 Å². The Morgan fingerprint density at radius 2 is 1.94 bits per heavy atom. The van der Waals surface area contributed by atoms with Crippen LogP contribution in [0.3, 0.4) is 0 Å². The van der Waals surface area contributed by atoms with Gasteiger partial charge < -0.3 is 10.8 Å². The summed E-state index contributed by atoms with van der Waals surface area (Å²) >= 11 is 10.1. The average Bonchev–Trinajstić information content (AvgIpc) is 2.23. The van der Waals surface area contributed by atoms with Gasteiger partial charge in [-0.15, -0.1) is 19.0 Å². The first-order valence-electron chi connectivity index (χ1n) is 4.71. The molecule has 1 atom stereocenters. The van der Waals surface area contributed by atoms with Crippen molar-refractivity contribution in [2.24, 2.45) is 5.73 Å². The lowest BCUT2D eigenvalue weighted by Crippen LogP contribution is -2.11. The number of phenols is 1. The van der Waals surface area contributed by atoms with Crippen LogP contribution in [0.5, 0.6) is 5.75 Å². The first-order chi connectivity index (χ1) is 7.49. The standard InChI is InChI=1S/C11H12Br3NO.ClH/c1-2-3-4-8(15)9-6(12)5-7(13)11(16)10(9)14;/h2,5,8,16H,1,3-4,15H2;1H/t8-;/m0./s1. The number of hydrogen-bond donors (Lipinski definition) is 2. The second-order valence-corrected chi connectivity index (χ2v) is 5.89. The Morgan fingerprint density at radius 3 is 2.47 bits per heavy atom. The van der Waals surface area contributed by atoms with E-state index in [1.54, 1.807) is 6.07 Å². The lowest BCUT2D eigenvalue weighted by molar-refractivity contribution is 0.465. The van der Waals surface area contributed by atoms with Crippen molar-refractivity contribution < 1.29 is 5.11 Å². The van der Waals surface area contributed by atoms with E-state index in [0.717, 1.165) is 22.9 Å². The fourth-order valence-corrected chi connectivity index (χ4v) is 4.09. The molecule has 0 unspecified atom stereocenters. The largest absolute Gasteiger partial charge is 0.506 e. The molecule has 2 nitrogen and oxygen atoms in total. The molecule has 0 saturated heterocycles. The Balaban J connectivity index is 0.00000256. The van der Waals surface area contributed by atoms with Crippen LogP contribution in [-0.2, 0) is 0 Å². The fourth-order valence-electron chi connectivity index (χ4n) is 1.38. The Morgan fingerprint density at radius 1 is 1.35 bits per heavy atom. The molecule has 0 saturated carbocycles. The van der Waals surface area contributed by atoms with Crippen LogP contribution in [0.25, 0.3) is 0 Å². The van der Waals surface area contributed by atoms with Gasteiger partial charge in [-0.25, -0.2) is 0 Å². The molecule has 0 aliphatic rings. The Labute approximate surface area is 132 Å². The van der Waals surface area contributed by atoms with Gasteiger partial charge in [0.2, 0.25) is 0 Å². The summed E-state index contributed by atoms with van der Waals surface area (Å²) in [7, 11) is 0. The zero-order chi connectivity index (χ0) is 12.3. The number of allylic oxidation sites excluding steroid dienone is 1. The second kappa shape index (κ2) is 7.79. The third-order valence-corrected chi connectivity index (χ3v) is 4.30. The molecule has 0 fully saturated rings. The van der Waals surface area contributed by atoms with Crippen LogP contribution in [0, 0.1) is 0 Å². The summed E-state index contributed by atoms with van der Waals surface area (Å²) in [6.07, 6.45) is 3.47. The van der Waals surface area contributed by atoms with Gasteiger partial charge in [-0.05, 0) is 50.8 Å². The molecule has 1 aromatic carbocycles. The lowest BCUT2D eigenvalue weighted by atomic mass is 10.0. The van der Waals surface area contributed by atoms with E-state index in [0.29, 0.717) is 8.95 Å². The van der Waals surface area contributed by atoms with Crippen molar-refractivity contribution in [3.8, 4) is 5.75 Å². The minimum Gasteiger partial charge on any atom is -0.506 e. The normalized spacial score (nSPS) is 11.8. The minimum atomic E-state index is -0.138. The van der Waals surface area contributed by atoms with E-state index >= 15 is 0 Å². The van der Waals surface area contributed by atoms with Crippen molar-refractivity contribution in [2.75, 3.05) is 0 Å². The highest BCUT2D eigenvalue weighted by atomic mass is 79.9. The topological polar surface area (TPSA) is 46.2 Å². The van der Waals surface area contributed by atoms with Crippen LogP contribution in [0.2, 0.25) is 0 Å². The molecule has 96 valence electrons. The van der Waals surface area contributed by atoms with Crippen molar-refractivity contribution in [1.29, 1.82) is 0 Å². The fraction of sp³-hybridized carbons (Fsp3) is 0.273. The van der Waals surface area contributed by atoms with Crippen LogP contribution < -0.4 is 5.73 Å². The van der Waals surface area contributed by atoms with Gasteiger partial charge >= 0.3 is 0 Å². The first-order valence-corrected chi connectivity index (χ1v) is 7.09. The summed E-state index contributed by atoms with van der Waals surface area (Å²) in [6, 6.07) is 1.66. The molecule has 0 radical (unpaired) electrons. The molecular weight excluding hydrogens is 437 g/mol. The Hall–Kier alpha value is 0.450. The van der Waals surface area contributed by atoms with Crippen molar-refractivity contribution >= 4 is 60.2 Å². The summed E-state index contributed by atoms with van der Waals surface area (Å²) in [5, 5.41) is 9.80. The van der Waals surface area contributed by atoms with Gasteiger partial charge in [0.25, 0.3) is 0 Å². The Bertz CT molecular complexity index is 412. The minimum absolute atomic E-state index is 0. The zero-order valence-corrected chi connectivity index (χ0v) is 14.5. The SMILES string of the molecule is C=CCC[C@H](N)c1c(Br)cc(Br)c(O)c1Br.Cl. The smallest absolute Gasteiger partial charge is 0.144 e. The lowest BCUT2D eigenvalue weighted by Gasteiger charge is -2.16. The molecule has 0 amide bonds. The molecule has 1 aromatic rings. The van der Waals surface area contributed by atoms with Crippen LogP contribution in [0.4, 0.5) is 0 Å². The van der Waals surface area contributed by atoms with Gasteiger partial charge in [0.1, 0.15) is 5.75 Å². The molecule has 6 heteroatoms. The van der Waals surface area contributed by atoms with E-state index in [-0.39, 0.29) is 24.2 Å². The molecule has 0 spiro atoms. The molecule has 0 aliphatic carbocycles. The third kappa shape index (κ3) is 4.24. The molecule has 3 N–H and O–H groups in total. The number of rotatable bonds is 4. The number of nitrogens with two attached hydrogens (primary N) is 1.